The van der Waals surface area contributed by atoms with E-state index in [0.717, 1.165) is 31.2 Å². The van der Waals surface area contributed by atoms with Gasteiger partial charge < -0.3 is 14.8 Å². The molecule has 1 aliphatic rings. The zero-order valence-corrected chi connectivity index (χ0v) is 19.8. The highest BCUT2D eigenvalue weighted by molar-refractivity contribution is 7.89. The molecule has 0 unspecified atom stereocenters. The highest BCUT2D eigenvalue weighted by atomic mass is 32.2. The Kier molecular flexibility index (Phi) is 8.15. The first-order chi connectivity index (χ1) is 15.3. The summed E-state index contributed by atoms with van der Waals surface area (Å²) >= 11 is 0. The molecule has 0 radical (unpaired) electrons. The lowest BCUT2D eigenvalue weighted by atomic mass is 9.96. The van der Waals surface area contributed by atoms with Crippen molar-refractivity contribution in [2.24, 2.45) is 0 Å². The molecule has 0 spiro atoms. The average Bonchev–Trinajstić information content (AvgIpc) is 2.82. The summed E-state index contributed by atoms with van der Waals surface area (Å²) in [6.45, 7) is 0. The smallest absolute Gasteiger partial charge is 0.243 e. The minimum atomic E-state index is -3.54. The third-order valence-corrected chi connectivity index (χ3v) is 7.92. The quantitative estimate of drug-likeness (QED) is 0.605. The fourth-order valence-electron chi connectivity index (χ4n) is 4.03. The molecule has 7 nitrogen and oxygen atoms in total. The number of hydrogen-bond acceptors (Lipinski definition) is 5. The van der Waals surface area contributed by atoms with Crippen LogP contribution >= 0.6 is 0 Å². The first kappa shape index (κ1) is 24.1. The number of ether oxygens (including phenoxy) is 2. The molecular weight excluding hydrogens is 428 g/mol. The van der Waals surface area contributed by atoms with Gasteiger partial charge >= 0.3 is 0 Å². The van der Waals surface area contributed by atoms with E-state index in [1.807, 2.05) is 18.2 Å². The first-order valence-corrected chi connectivity index (χ1v) is 12.4. The summed E-state index contributed by atoms with van der Waals surface area (Å²) in [5.41, 5.74) is 1.53. The summed E-state index contributed by atoms with van der Waals surface area (Å²) in [5, 5.41) is 2.83. The maximum absolute atomic E-state index is 12.9. The molecule has 0 heterocycles. The highest BCUT2D eigenvalue weighted by Gasteiger charge is 2.28. The number of aryl methyl sites for hydroxylation is 1. The molecule has 0 bridgehead atoms. The SMILES string of the molecule is COc1ccc(CCC(=O)Nc2ccc(S(=O)(=O)N(C)C3CCCCC3)cc2)cc1OC. The Balaban J connectivity index is 1.57. The van der Waals surface area contributed by atoms with E-state index in [1.165, 1.54) is 10.7 Å². The molecule has 1 fully saturated rings. The standard InChI is InChI=1S/C24H32N2O5S/c1-26(20-7-5-4-6-8-20)32(28,29)21-13-11-19(12-14-21)25-24(27)16-10-18-9-15-22(30-2)23(17-18)31-3/h9,11-15,17,20H,4-8,10,16H2,1-3H3,(H,25,27). The van der Waals surface area contributed by atoms with Gasteiger partial charge in [-0.15, -0.1) is 0 Å². The van der Waals surface area contributed by atoms with Crippen LogP contribution in [0.4, 0.5) is 5.69 Å². The van der Waals surface area contributed by atoms with Gasteiger partial charge in [-0.2, -0.15) is 4.31 Å². The molecule has 1 N–H and O–H groups in total. The van der Waals surface area contributed by atoms with E-state index < -0.39 is 10.0 Å². The molecular formula is C24H32N2O5S. The van der Waals surface area contributed by atoms with Crippen LogP contribution in [0.1, 0.15) is 44.1 Å². The number of nitrogens with zero attached hydrogens (tertiary/aromatic N) is 1. The van der Waals surface area contributed by atoms with Gasteiger partial charge in [0, 0.05) is 25.2 Å². The zero-order valence-electron chi connectivity index (χ0n) is 19.0. The van der Waals surface area contributed by atoms with Crippen molar-refractivity contribution < 1.29 is 22.7 Å². The van der Waals surface area contributed by atoms with Crippen LogP contribution in [0.3, 0.4) is 0 Å². The van der Waals surface area contributed by atoms with Crippen molar-refractivity contribution in [3.63, 3.8) is 0 Å². The Morgan fingerprint density at radius 3 is 2.28 bits per heavy atom. The Morgan fingerprint density at radius 1 is 1.00 bits per heavy atom. The maximum atomic E-state index is 12.9. The Hall–Kier alpha value is -2.58. The van der Waals surface area contributed by atoms with Gasteiger partial charge in [-0.05, 0) is 61.2 Å². The van der Waals surface area contributed by atoms with Crippen LogP contribution in [-0.4, -0.2) is 45.9 Å². The second-order valence-electron chi connectivity index (χ2n) is 8.07. The highest BCUT2D eigenvalue weighted by Crippen LogP contribution is 2.29. The molecule has 2 aromatic rings. The topological polar surface area (TPSA) is 84.9 Å². The lowest BCUT2D eigenvalue weighted by Gasteiger charge is -2.30. The molecule has 174 valence electrons. The maximum Gasteiger partial charge on any atom is 0.243 e. The second-order valence-corrected chi connectivity index (χ2v) is 10.1. The molecule has 3 rings (SSSR count). The molecule has 1 amide bonds. The van der Waals surface area contributed by atoms with Gasteiger partial charge in [0.2, 0.25) is 15.9 Å². The number of rotatable bonds is 9. The van der Waals surface area contributed by atoms with Crippen LogP contribution in [0.25, 0.3) is 0 Å². The van der Waals surface area contributed by atoms with E-state index in [2.05, 4.69) is 5.32 Å². The van der Waals surface area contributed by atoms with Crippen molar-refractivity contribution in [3.05, 3.63) is 48.0 Å². The van der Waals surface area contributed by atoms with Gasteiger partial charge in [0.05, 0.1) is 19.1 Å². The van der Waals surface area contributed by atoms with Crippen molar-refractivity contribution in [2.45, 2.75) is 55.9 Å². The van der Waals surface area contributed by atoms with Crippen LogP contribution in [0.5, 0.6) is 11.5 Å². The lowest BCUT2D eigenvalue weighted by molar-refractivity contribution is -0.116. The molecule has 1 saturated carbocycles. The molecule has 0 aliphatic heterocycles. The van der Waals surface area contributed by atoms with Crippen LogP contribution in [0.2, 0.25) is 0 Å². The Labute approximate surface area is 190 Å². The number of anilines is 1. The van der Waals surface area contributed by atoms with E-state index in [4.69, 9.17) is 9.47 Å². The predicted octanol–water partition coefficient (Wildman–Crippen LogP) is 4.23. The number of benzene rings is 2. The molecule has 8 heteroatoms. The minimum absolute atomic E-state index is 0.0599. The number of nitrogens with one attached hydrogen (secondary N) is 1. The van der Waals surface area contributed by atoms with Crippen molar-refractivity contribution in [1.82, 2.24) is 4.31 Å². The summed E-state index contributed by atoms with van der Waals surface area (Å²) in [6.07, 6.45) is 5.96. The van der Waals surface area contributed by atoms with E-state index in [9.17, 15) is 13.2 Å². The summed E-state index contributed by atoms with van der Waals surface area (Å²) in [7, 11) is 1.27. The van der Waals surface area contributed by atoms with Gasteiger partial charge in [0.1, 0.15) is 0 Å². The number of carbonyl (C=O) groups excluding carboxylic acids is 1. The molecule has 2 aromatic carbocycles. The van der Waals surface area contributed by atoms with Crippen LogP contribution in [-0.2, 0) is 21.2 Å². The van der Waals surface area contributed by atoms with Crippen molar-refractivity contribution in [2.75, 3.05) is 26.6 Å². The normalized spacial score (nSPS) is 14.9. The molecule has 0 saturated heterocycles. The number of carbonyl (C=O) groups is 1. The third-order valence-electron chi connectivity index (χ3n) is 5.99. The fraction of sp³-hybridized carbons (Fsp3) is 0.458. The fourth-order valence-corrected chi connectivity index (χ4v) is 5.45. The third kappa shape index (κ3) is 5.81. The van der Waals surface area contributed by atoms with Gasteiger partial charge in [-0.3, -0.25) is 4.79 Å². The van der Waals surface area contributed by atoms with E-state index >= 15 is 0 Å². The van der Waals surface area contributed by atoms with E-state index in [-0.39, 0.29) is 16.8 Å². The minimum Gasteiger partial charge on any atom is -0.493 e. The molecule has 0 aromatic heterocycles. The van der Waals surface area contributed by atoms with Gasteiger partial charge in [-0.25, -0.2) is 8.42 Å². The lowest BCUT2D eigenvalue weighted by Crippen LogP contribution is -2.38. The number of hydrogen-bond donors (Lipinski definition) is 1. The number of sulfonamides is 1. The van der Waals surface area contributed by atoms with Gasteiger partial charge in [-0.1, -0.05) is 25.3 Å². The molecule has 32 heavy (non-hydrogen) atoms. The summed E-state index contributed by atoms with van der Waals surface area (Å²) in [4.78, 5) is 12.6. The van der Waals surface area contributed by atoms with Crippen LogP contribution in [0, 0.1) is 0 Å². The zero-order chi connectivity index (χ0) is 23.1. The summed E-state index contributed by atoms with van der Waals surface area (Å²) in [5.74, 6) is 1.12. The molecule has 1 aliphatic carbocycles. The van der Waals surface area contributed by atoms with E-state index in [1.54, 1.807) is 45.5 Å². The first-order valence-electron chi connectivity index (χ1n) is 10.9. The molecule has 0 atom stereocenters. The second kappa shape index (κ2) is 10.8. The number of amides is 1. The average molecular weight is 461 g/mol. The van der Waals surface area contributed by atoms with Gasteiger partial charge in [0.15, 0.2) is 11.5 Å². The monoisotopic (exact) mass is 460 g/mol. The summed E-state index contributed by atoms with van der Waals surface area (Å²) in [6, 6.07) is 12.0. The summed E-state index contributed by atoms with van der Waals surface area (Å²) < 4.78 is 37.9. The van der Waals surface area contributed by atoms with Crippen molar-refractivity contribution in [3.8, 4) is 11.5 Å². The van der Waals surface area contributed by atoms with Gasteiger partial charge in [0.25, 0.3) is 0 Å². The van der Waals surface area contributed by atoms with Crippen molar-refractivity contribution >= 4 is 21.6 Å². The number of methoxy groups -OCH3 is 2. The van der Waals surface area contributed by atoms with Crippen LogP contribution in [0.15, 0.2) is 47.4 Å². The largest absolute Gasteiger partial charge is 0.493 e. The predicted molar refractivity (Wildman–Crippen MR) is 125 cm³/mol. The van der Waals surface area contributed by atoms with Crippen LogP contribution < -0.4 is 14.8 Å². The van der Waals surface area contributed by atoms with Crippen molar-refractivity contribution in [1.29, 1.82) is 0 Å². The Bertz CT molecular complexity index is 1020. The van der Waals surface area contributed by atoms with E-state index in [0.29, 0.717) is 30.0 Å². The Morgan fingerprint density at radius 2 is 1.66 bits per heavy atom.